The molecule has 0 bridgehead atoms. The molecule has 29 heavy (non-hydrogen) atoms. The van der Waals surface area contributed by atoms with Crippen LogP contribution in [0.3, 0.4) is 0 Å². The van der Waals surface area contributed by atoms with Gasteiger partial charge in [-0.25, -0.2) is 4.98 Å². The molecule has 2 heterocycles. The number of carbonyl (C=O) groups excluding carboxylic acids is 2. The third kappa shape index (κ3) is 3.87. The lowest BCUT2D eigenvalue weighted by Crippen LogP contribution is -2.32. The summed E-state index contributed by atoms with van der Waals surface area (Å²) in [5, 5.41) is 0. The van der Waals surface area contributed by atoms with Crippen LogP contribution in [0.5, 0.6) is 5.75 Å². The summed E-state index contributed by atoms with van der Waals surface area (Å²) in [5.74, 6) is 0.228. The SMILES string of the molecule is O=C1c2ccccc2C(=O)N1CCc1nccn1Cc1ccc(OC(F)F)cc1. The van der Waals surface area contributed by atoms with Gasteiger partial charge < -0.3 is 9.30 Å². The minimum Gasteiger partial charge on any atom is -0.435 e. The monoisotopic (exact) mass is 397 g/mol. The number of nitrogens with zero attached hydrogens (tertiary/aromatic N) is 3. The number of alkyl halides is 2. The summed E-state index contributed by atoms with van der Waals surface area (Å²) in [5.41, 5.74) is 1.73. The van der Waals surface area contributed by atoms with E-state index >= 15 is 0 Å². The maximum atomic E-state index is 12.5. The maximum absolute atomic E-state index is 12.5. The molecule has 0 aliphatic carbocycles. The van der Waals surface area contributed by atoms with Gasteiger partial charge in [0.05, 0.1) is 11.1 Å². The van der Waals surface area contributed by atoms with E-state index in [4.69, 9.17) is 0 Å². The number of imidazole rings is 1. The van der Waals surface area contributed by atoms with Crippen LogP contribution in [0.15, 0.2) is 60.9 Å². The average Bonchev–Trinajstić information content (AvgIpc) is 3.24. The summed E-state index contributed by atoms with van der Waals surface area (Å²) in [4.78, 5) is 30.5. The van der Waals surface area contributed by atoms with Gasteiger partial charge in [0.15, 0.2) is 0 Å². The smallest absolute Gasteiger partial charge is 0.387 e. The van der Waals surface area contributed by atoms with Crippen molar-refractivity contribution in [3.05, 3.63) is 83.4 Å². The van der Waals surface area contributed by atoms with Crippen molar-refractivity contribution in [3.63, 3.8) is 0 Å². The fourth-order valence-electron chi connectivity index (χ4n) is 3.34. The van der Waals surface area contributed by atoms with Crippen LogP contribution in [0, 0.1) is 0 Å². The first kappa shape index (κ1) is 18.8. The summed E-state index contributed by atoms with van der Waals surface area (Å²) >= 11 is 0. The first-order valence-corrected chi connectivity index (χ1v) is 9.02. The van der Waals surface area contributed by atoms with Gasteiger partial charge in [-0.05, 0) is 29.8 Å². The standard InChI is InChI=1S/C21H17F2N3O3/c22-21(23)29-15-7-5-14(6-8-15)13-25-12-10-24-18(25)9-11-26-19(27)16-3-1-2-4-17(16)20(26)28/h1-8,10,12,21H,9,11,13H2. The molecule has 2 amide bonds. The van der Waals surface area contributed by atoms with Crippen molar-refractivity contribution in [2.75, 3.05) is 6.54 Å². The van der Waals surface area contributed by atoms with E-state index < -0.39 is 6.61 Å². The molecule has 1 aliphatic rings. The molecular weight excluding hydrogens is 380 g/mol. The number of ether oxygens (including phenoxy) is 1. The summed E-state index contributed by atoms with van der Waals surface area (Å²) < 4.78 is 30.7. The van der Waals surface area contributed by atoms with Crippen molar-refractivity contribution >= 4 is 11.8 Å². The van der Waals surface area contributed by atoms with Gasteiger partial charge in [-0.3, -0.25) is 14.5 Å². The van der Waals surface area contributed by atoms with Crippen LogP contribution in [0.4, 0.5) is 8.78 Å². The minimum absolute atomic E-state index is 0.0974. The van der Waals surface area contributed by atoms with Gasteiger partial charge in [0.1, 0.15) is 11.6 Å². The van der Waals surface area contributed by atoms with Crippen LogP contribution in [0.1, 0.15) is 32.1 Å². The van der Waals surface area contributed by atoms with Crippen LogP contribution in [-0.2, 0) is 13.0 Å². The first-order valence-electron chi connectivity index (χ1n) is 9.02. The van der Waals surface area contributed by atoms with Crippen molar-refractivity contribution in [3.8, 4) is 5.75 Å². The lowest BCUT2D eigenvalue weighted by Gasteiger charge is -2.14. The number of amides is 2. The third-order valence-electron chi connectivity index (χ3n) is 4.74. The van der Waals surface area contributed by atoms with E-state index in [0.29, 0.717) is 24.1 Å². The molecule has 0 saturated heterocycles. The first-order chi connectivity index (χ1) is 14.0. The van der Waals surface area contributed by atoms with Gasteiger partial charge >= 0.3 is 6.61 Å². The Balaban J connectivity index is 1.41. The van der Waals surface area contributed by atoms with Gasteiger partial charge in [-0.15, -0.1) is 0 Å². The van der Waals surface area contributed by atoms with Gasteiger partial charge in [0.2, 0.25) is 0 Å². The normalized spacial score (nSPS) is 13.3. The zero-order valence-electron chi connectivity index (χ0n) is 15.3. The number of halogens is 2. The van der Waals surface area contributed by atoms with E-state index in [1.165, 1.54) is 17.0 Å². The van der Waals surface area contributed by atoms with Crippen LogP contribution in [0.2, 0.25) is 0 Å². The number of rotatable bonds is 7. The second-order valence-corrected chi connectivity index (χ2v) is 6.55. The maximum Gasteiger partial charge on any atom is 0.387 e. The summed E-state index contributed by atoms with van der Waals surface area (Å²) in [6.07, 6.45) is 3.85. The molecule has 1 aromatic heterocycles. The van der Waals surface area contributed by atoms with E-state index in [1.54, 1.807) is 48.8 Å². The van der Waals surface area contributed by atoms with Crippen molar-refractivity contribution in [2.45, 2.75) is 19.6 Å². The van der Waals surface area contributed by atoms with Crippen molar-refractivity contribution in [2.24, 2.45) is 0 Å². The predicted octanol–water partition coefficient (Wildman–Crippen LogP) is 3.37. The predicted molar refractivity (Wildman–Crippen MR) is 99.9 cm³/mol. The molecule has 8 heteroatoms. The Morgan fingerprint density at radius 1 is 0.966 bits per heavy atom. The Bertz CT molecular complexity index is 1010. The van der Waals surface area contributed by atoms with Crippen molar-refractivity contribution in [1.29, 1.82) is 0 Å². The highest BCUT2D eigenvalue weighted by atomic mass is 19.3. The molecule has 0 unspecified atom stereocenters. The lowest BCUT2D eigenvalue weighted by molar-refractivity contribution is -0.0498. The lowest BCUT2D eigenvalue weighted by atomic mass is 10.1. The molecule has 1 aliphatic heterocycles. The van der Waals surface area contributed by atoms with Gasteiger partial charge in [0, 0.05) is 31.9 Å². The molecule has 0 spiro atoms. The highest BCUT2D eigenvalue weighted by molar-refractivity contribution is 6.21. The van der Waals surface area contributed by atoms with Crippen LogP contribution < -0.4 is 4.74 Å². The van der Waals surface area contributed by atoms with Crippen LogP contribution >= 0.6 is 0 Å². The summed E-state index contributed by atoms with van der Waals surface area (Å²) in [6, 6.07) is 13.1. The van der Waals surface area contributed by atoms with E-state index in [2.05, 4.69) is 9.72 Å². The van der Waals surface area contributed by atoms with Crippen molar-refractivity contribution < 1.29 is 23.1 Å². The molecule has 0 saturated carbocycles. The number of fused-ring (bicyclic) bond motifs is 1. The molecule has 2 aromatic carbocycles. The van der Waals surface area contributed by atoms with Gasteiger partial charge in [-0.2, -0.15) is 8.78 Å². The Morgan fingerprint density at radius 2 is 1.62 bits per heavy atom. The average molecular weight is 397 g/mol. The molecule has 4 rings (SSSR count). The molecule has 0 N–H and O–H groups in total. The van der Waals surface area contributed by atoms with E-state index in [1.807, 2.05) is 4.57 Å². The molecular formula is C21H17F2N3O3. The van der Waals surface area contributed by atoms with E-state index in [9.17, 15) is 18.4 Å². The minimum atomic E-state index is -2.86. The topological polar surface area (TPSA) is 64.4 Å². The fourth-order valence-corrected chi connectivity index (χ4v) is 3.34. The van der Waals surface area contributed by atoms with Crippen LogP contribution in [0.25, 0.3) is 0 Å². The Morgan fingerprint density at radius 3 is 2.24 bits per heavy atom. The number of hydrogen-bond acceptors (Lipinski definition) is 4. The van der Waals surface area contributed by atoms with E-state index in [-0.39, 0.29) is 24.1 Å². The van der Waals surface area contributed by atoms with Crippen LogP contribution in [-0.4, -0.2) is 39.4 Å². The van der Waals surface area contributed by atoms with Crippen molar-refractivity contribution in [1.82, 2.24) is 14.5 Å². The molecule has 6 nitrogen and oxygen atoms in total. The number of benzene rings is 2. The second kappa shape index (κ2) is 7.83. The summed E-state index contributed by atoms with van der Waals surface area (Å²) in [6.45, 7) is -2.15. The van der Waals surface area contributed by atoms with Gasteiger partial charge in [-0.1, -0.05) is 24.3 Å². The highest BCUT2D eigenvalue weighted by Gasteiger charge is 2.34. The highest BCUT2D eigenvalue weighted by Crippen LogP contribution is 2.22. The Hall–Kier alpha value is -3.55. The Labute approximate surface area is 165 Å². The molecule has 3 aromatic rings. The van der Waals surface area contributed by atoms with Gasteiger partial charge in [0.25, 0.3) is 11.8 Å². The summed E-state index contributed by atoms with van der Waals surface area (Å²) in [7, 11) is 0. The molecule has 0 radical (unpaired) electrons. The number of aromatic nitrogens is 2. The molecule has 0 atom stereocenters. The van der Waals surface area contributed by atoms with E-state index in [0.717, 1.165) is 11.4 Å². The largest absolute Gasteiger partial charge is 0.435 e. The quantitative estimate of drug-likeness (QED) is 0.574. The Kier molecular flexibility index (Phi) is 5.07. The second-order valence-electron chi connectivity index (χ2n) is 6.55. The fraction of sp³-hybridized carbons (Fsp3) is 0.190. The molecule has 148 valence electrons. The zero-order chi connectivity index (χ0) is 20.4. The number of imide groups is 1. The third-order valence-corrected chi connectivity index (χ3v) is 4.74. The zero-order valence-corrected chi connectivity index (χ0v) is 15.3. The number of carbonyl (C=O) groups is 2. The molecule has 0 fully saturated rings. The number of hydrogen-bond donors (Lipinski definition) is 0.